The van der Waals surface area contributed by atoms with Gasteiger partial charge in [-0.1, -0.05) is 23.8 Å². The fourth-order valence-electron chi connectivity index (χ4n) is 1.60. The van der Waals surface area contributed by atoms with Crippen molar-refractivity contribution in [1.29, 1.82) is 0 Å². The van der Waals surface area contributed by atoms with Crippen LogP contribution in [-0.2, 0) is 4.79 Å². The Morgan fingerprint density at radius 1 is 1.53 bits per heavy atom. The van der Waals surface area contributed by atoms with Gasteiger partial charge in [0.15, 0.2) is 0 Å². The molecule has 1 aromatic rings. The molecule has 0 aliphatic rings. The zero-order chi connectivity index (χ0) is 14.4. The molecule has 1 rings (SSSR count). The molecular formula is C14H18ClFN2O. The number of nitrogens with one attached hydrogen (secondary N) is 1. The predicted molar refractivity (Wildman–Crippen MR) is 77.0 cm³/mol. The first-order valence-corrected chi connectivity index (χ1v) is 6.43. The van der Waals surface area contributed by atoms with Crippen LogP contribution in [0, 0.1) is 5.82 Å². The molecule has 0 unspecified atom stereocenters. The molecule has 0 bridgehead atoms. The third-order valence-electron chi connectivity index (χ3n) is 2.56. The summed E-state index contributed by atoms with van der Waals surface area (Å²) in [6, 6.07) is 4.27. The van der Waals surface area contributed by atoms with E-state index in [-0.39, 0.29) is 17.5 Å². The van der Waals surface area contributed by atoms with Crippen molar-refractivity contribution in [2.75, 3.05) is 25.0 Å². The van der Waals surface area contributed by atoms with Gasteiger partial charge in [-0.05, 0) is 32.0 Å². The van der Waals surface area contributed by atoms with Gasteiger partial charge in [-0.3, -0.25) is 4.79 Å². The molecule has 1 amide bonds. The summed E-state index contributed by atoms with van der Waals surface area (Å²) >= 11 is 5.67. The van der Waals surface area contributed by atoms with Crippen molar-refractivity contribution in [2.45, 2.75) is 13.8 Å². The van der Waals surface area contributed by atoms with Crippen LogP contribution in [0.1, 0.15) is 13.8 Å². The van der Waals surface area contributed by atoms with Gasteiger partial charge in [-0.25, -0.2) is 4.39 Å². The molecule has 1 N–H and O–H groups in total. The summed E-state index contributed by atoms with van der Waals surface area (Å²) in [7, 11) is 0. The maximum Gasteiger partial charge on any atom is 0.242 e. The molecular weight excluding hydrogens is 267 g/mol. The highest BCUT2D eigenvalue weighted by Gasteiger charge is 2.11. The van der Waals surface area contributed by atoms with Crippen LogP contribution in [0.3, 0.4) is 0 Å². The molecule has 19 heavy (non-hydrogen) atoms. The van der Waals surface area contributed by atoms with Crippen molar-refractivity contribution >= 4 is 23.2 Å². The van der Waals surface area contributed by atoms with Crippen LogP contribution in [-0.4, -0.2) is 30.4 Å². The number of halogens is 2. The van der Waals surface area contributed by atoms with Crippen LogP contribution in [0.4, 0.5) is 10.1 Å². The van der Waals surface area contributed by atoms with Crippen molar-refractivity contribution in [3.8, 4) is 0 Å². The molecule has 0 aromatic heterocycles. The minimum atomic E-state index is -0.476. The van der Waals surface area contributed by atoms with Crippen LogP contribution in [0.5, 0.6) is 0 Å². The van der Waals surface area contributed by atoms with Gasteiger partial charge in [0, 0.05) is 18.8 Å². The fraction of sp³-hybridized carbons (Fsp3) is 0.357. The standard InChI is InChI=1S/C14H18ClFN2O/c1-4-18(9-10(2)3)14(19)8-17-11-5-6-13(16)12(15)7-11/h5-7,17H,2,4,8-9H2,1,3H3. The minimum Gasteiger partial charge on any atom is -0.376 e. The zero-order valence-corrected chi connectivity index (χ0v) is 11.9. The molecule has 5 heteroatoms. The number of benzene rings is 1. The number of nitrogens with zero attached hydrogens (tertiary/aromatic N) is 1. The number of rotatable bonds is 6. The number of anilines is 1. The average Bonchev–Trinajstić information content (AvgIpc) is 2.36. The van der Waals surface area contributed by atoms with E-state index < -0.39 is 5.82 Å². The second-order valence-corrected chi connectivity index (χ2v) is 4.75. The van der Waals surface area contributed by atoms with Gasteiger partial charge in [0.2, 0.25) is 5.91 Å². The molecule has 0 radical (unpaired) electrons. The molecule has 0 spiro atoms. The van der Waals surface area contributed by atoms with Crippen molar-refractivity contribution in [2.24, 2.45) is 0 Å². The summed E-state index contributed by atoms with van der Waals surface area (Å²) in [5.74, 6) is -0.512. The first-order chi connectivity index (χ1) is 8.93. The van der Waals surface area contributed by atoms with Crippen LogP contribution in [0.2, 0.25) is 5.02 Å². The number of hydrogen-bond acceptors (Lipinski definition) is 2. The number of amides is 1. The zero-order valence-electron chi connectivity index (χ0n) is 11.2. The van der Waals surface area contributed by atoms with E-state index in [1.165, 1.54) is 12.1 Å². The van der Waals surface area contributed by atoms with E-state index in [1.807, 2.05) is 13.8 Å². The lowest BCUT2D eigenvalue weighted by Crippen LogP contribution is -2.36. The summed E-state index contributed by atoms with van der Waals surface area (Å²) in [5.41, 5.74) is 1.55. The average molecular weight is 285 g/mol. The highest BCUT2D eigenvalue weighted by atomic mass is 35.5. The highest BCUT2D eigenvalue weighted by Crippen LogP contribution is 2.19. The summed E-state index contributed by atoms with van der Waals surface area (Å²) in [6.45, 7) is 8.89. The number of hydrogen-bond donors (Lipinski definition) is 1. The normalized spacial score (nSPS) is 10.1. The Morgan fingerprint density at radius 2 is 2.21 bits per heavy atom. The lowest BCUT2D eigenvalue weighted by atomic mass is 10.3. The predicted octanol–water partition coefficient (Wildman–Crippen LogP) is 3.32. The second kappa shape index (κ2) is 7.14. The molecule has 0 saturated carbocycles. The van der Waals surface area contributed by atoms with Gasteiger partial charge in [-0.2, -0.15) is 0 Å². The maximum absolute atomic E-state index is 13.0. The van der Waals surface area contributed by atoms with Gasteiger partial charge in [0.05, 0.1) is 11.6 Å². The Labute approximate surface area is 118 Å². The van der Waals surface area contributed by atoms with E-state index in [2.05, 4.69) is 11.9 Å². The van der Waals surface area contributed by atoms with Crippen LogP contribution in [0.15, 0.2) is 30.4 Å². The lowest BCUT2D eigenvalue weighted by molar-refractivity contribution is -0.128. The monoisotopic (exact) mass is 284 g/mol. The Hall–Kier alpha value is -1.55. The van der Waals surface area contributed by atoms with Crippen molar-refractivity contribution in [3.63, 3.8) is 0 Å². The molecule has 0 fully saturated rings. The van der Waals surface area contributed by atoms with E-state index in [0.29, 0.717) is 18.8 Å². The van der Waals surface area contributed by atoms with Gasteiger partial charge >= 0.3 is 0 Å². The van der Waals surface area contributed by atoms with E-state index in [0.717, 1.165) is 5.57 Å². The second-order valence-electron chi connectivity index (χ2n) is 4.35. The minimum absolute atomic E-state index is 0.0340. The Balaban J connectivity index is 2.57. The largest absolute Gasteiger partial charge is 0.376 e. The summed E-state index contributed by atoms with van der Waals surface area (Å²) < 4.78 is 13.0. The molecule has 0 aliphatic heterocycles. The van der Waals surface area contributed by atoms with Crippen LogP contribution >= 0.6 is 11.6 Å². The molecule has 0 saturated heterocycles. The SMILES string of the molecule is C=C(C)CN(CC)C(=O)CNc1ccc(F)c(Cl)c1. The van der Waals surface area contributed by atoms with Gasteiger partial charge in [0.25, 0.3) is 0 Å². The van der Waals surface area contributed by atoms with Gasteiger partial charge in [0.1, 0.15) is 5.82 Å². The number of carbonyl (C=O) groups is 1. The van der Waals surface area contributed by atoms with E-state index >= 15 is 0 Å². The molecule has 104 valence electrons. The Bertz CT molecular complexity index is 477. The lowest BCUT2D eigenvalue weighted by Gasteiger charge is -2.21. The van der Waals surface area contributed by atoms with Crippen LogP contribution in [0.25, 0.3) is 0 Å². The summed E-state index contributed by atoms with van der Waals surface area (Å²) in [6.07, 6.45) is 0. The van der Waals surface area contributed by atoms with Crippen LogP contribution < -0.4 is 5.32 Å². The topological polar surface area (TPSA) is 32.3 Å². The van der Waals surface area contributed by atoms with E-state index in [1.54, 1.807) is 11.0 Å². The maximum atomic E-state index is 13.0. The first-order valence-electron chi connectivity index (χ1n) is 6.05. The Kier molecular flexibility index (Phi) is 5.83. The number of carbonyl (C=O) groups excluding carboxylic acids is 1. The molecule has 0 atom stereocenters. The quantitative estimate of drug-likeness (QED) is 0.813. The highest BCUT2D eigenvalue weighted by molar-refractivity contribution is 6.31. The third-order valence-corrected chi connectivity index (χ3v) is 2.85. The number of likely N-dealkylation sites (N-methyl/N-ethyl adjacent to an activating group) is 1. The molecule has 1 aromatic carbocycles. The molecule has 0 aliphatic carbocycles. The first kappa shape index (κ1) is 15.5. The molecule has 0 heterocycles. The summed E-state index contributed by atoms with van der Waals surface area (Å²) in [5, 5.41) is 2.96. The smallest absolute Gasteiger partial charge is 0.242 e. The fourth-order valence-corrected chi connectivity index (χ4v) is 1.78. The van der Waals surface area contributed by atoms with Crippen molar-refractivity contribution in [3.05, 3.63) is 41.2 Å². The Morgan fingerprint density at radius 3 is 2.74 bits per heavy atom. The van der Waals surface area contributed by atoms with E-state index in [4.69, 9.17) is 11.6 Å². The summed E-state index contributed by atoms with van der Waals surface area (Å²) in [4.78, 5) is 13.6. The van der Waals surface area contributed by atoms with Gasteiger partial charge < -0.3 is 10.2 Å². The van der Waals surface area contributed by atoms with Gasteiger partial charge in [-0.15, -0.1) is 0 Å². The van der Waals surface area contributed by atoms with E-state index in [9.17, 15) is 9.18 Å². The molecule has 3 nitrogen and oxygen atoms in total. The third kappa shape index (κ3) is 4.91. The van der Waals surface area contributed by atoms with Crippen molar-refractivity contribution < 1.29 is 9.18 Å². The van der Waals surface area contributed by atoms with Crippen molar-refractivity contribution in [1.82, 2.24) is 4.90 Å².